The van der Waals surface area contributed by atoms with Gasteiger partial charge in [0.15, 0.2) is 5.17 Å². The molecule has 0 saturated carbocycles. The first-order valence-corrected chi connectivity index (χ1v) is 4.33. The summed E-state index contributed by atoms with van der Waals surface area (Å²) < 4.78 is 0. The summed E-state index contributed by atoms with van der Waals surface area (Å²) >= 11 is 1.42. The molecule has 0 unspecified atom stereocenters. The van der Waals surface area contributed by atoms with Crippen molar-refractivity contribution in [2.24, 2.45) is 16.7 Å². The summed E-state index contributed by atoms with van der Waals surface area (Å²) in [5.74, 6) is 5.79. The fraction of sp³-hybridized carbons (Fsp3) is 0.667. The molecule has 0 radical (unpaired) electrons. The molecule has 0 spiro atoms. The van der Waals surface area contributed by atoms with Gasteiger partial charge in [0.05, 0.1) is 6.07 Å². The lowest BCUT2D eigenvalue weighted by atomic mass is 10.3. The third kappa shape index (κ3) is 7.00. The molecule has 5 heteroatoms. The van der Waals surface area contributed by atoms with E-state index in [1.165, 1.54) is 11.8 Å². The van der Waals surface area contributed by atoms with Crippen LogP contribution in [-0.4, -0.2) is 10.9 Å². The molecule has 0 aliphatic heterocycles. The van der Waals surface area contributed by atoms with E-state index >= 15 is 0 Å². The number of hydrogen-bond acceptors (Lipinski definition) is 4. The summed E-state index contributed by atoms with van der Waals surface area (Å²) in [6, 6.07) is 2.07. The van der Waals surface area contributed by atoms with Crippen LogP contribution in [0.5, 0.6) is 0 Å². The second-order valence-corrected chi connectivity index (χ2v) is 3.05. The number of nitrogens with zero attached hydrogens (tertiary/aromatic N) is 2. The van der Waals surface area contributed by atoms with Crippen LogP contribution in [-0.2, 0) is 0 Å². The zero-order valence-corrected chi connectivity index (χ0v) is 7.10. The van der Waals surface area contributed by atoms with E-state index in [1.807, 2.05) is 0 Å². The van der Waals surface area contributed by atoms with Gasteiger partial charge in [0, 0.05) is 12.2 Å². The summed E-state index contributed by atoms with van der Waals surface area (Å²) in [4.78, 5) is 0. The van der Waals surface area contributed by atoms with Crippen LogP contribution in [0.1, 0.15) is 19.3 Å². The van der Waals surface area contributed by atoms with E-state index in [-0.39, 0.29) is 0 Å². The minimum absolute atomic E-state index is 0.405. The maximum absolute atomic E-state index is 8.20. The van der Waals surface area contributed by atoms with Crippen LogP contribution in [0.2, 0.25) is 0 Å². The Hall–Kier alpha value is -0.890. The number of hydrazone groups is 1. The first-order chi connectivity index (χ1) is 5.31. The summed E-state index contributed by atoms with van der Waals surface area (Å²) in [6.07, 6.45) is 2.51. The molecule has 0 amide bonds. The SMILES string of the molecule is N#CCCCCSC(N)=NN. The number of unbranched alkanes of at least 4 members (excludes halogenated alkanes) is 2. The second kappa shape index (κ2) is 7.22. The molecule has 0 aromatic carbocycles. The van der Waals surface area contributed by atoms with Gasteiger partial charge in [-0.2, -0.15) is 10.4 Å². The Balaban J connectivity index is 3.10. The number of hydrogen-bond donors (Lipinski definition) is 2. The molecule has 0 aliphatic rings. The zero-order chi connectivity index (χ0) is 8.53. The van der Waals surface area contributed by atoms with Gasteiger partial charge in [-0.25, -0.2) is 0 Å². The normalized spacial score (nSPS) is 11.0. The Bertz CT molecular complexity index is 160. The topological polar surface area (TPSA) is 88.2 Å². The van der Waals surface area contributed by atoms with Crippen LogP contribution in [0, 0.1) is 11.3 Å². The van der Waals surface area contributed by atoms with Crippen molar-refractivity contribution < 1.29 is 0 Å². The summed E-state index contributed by atoms with van der Waals surface area (Å²) in [5, 5.41) is 11.9. The lowest BCUT2D eigenvalue weighted by molar-refractivity contribution is 0.831. The van der Waals surface area contributed by atoms with Crippen LogP contribution in [0.4, 0.5) is 0 Å². The summed E-state index contributed by atoms with van der Waals surface area (Å²) in [6.45, 7) is 0. The predicted molar refractivity (Wildman–Crippen MR) is 47.7 cm³/mol. The Labute approximate surface area is 70.6 Å². The van der Waals surface area contributed by atoms with Crippen molar-refractivity contribution in [3.8, 4) is 6.07 Å². The third-order valence-corrected chi connectivity index (χ3v) is 1.95. The van der Waals surface area contributed by atoms with E-state index in [0.717, 1.165) is 18.6 Å². The van der Waals surface area contributed by atoms with E-state index in [4.69, 9.17) is 16.8 Å². The van der Waals surface area contributed by atoms with Crippen molar-refractivity contribution in [1.29, 1.82) is 5.26 Å². The monoisotopic (exact) mass is 172 g/mol. The molecule has 11 heavy (non-hydrogen) atoms. The minimum atomic E-state index is 0.405. The Kier molecular flexibility index (Phi) is 6.64. The van der Waals surface area contributed by atoms with E-state index in [1.54, 1.807) is 0 Å². The van der Waals surface area contributed by atoms with Crippen molar-refractivity contribution >= 4 is 16.9 Å². The smallest absolute Gasteiger partial charge is 0.177 e. The van der Waals surface area contributed by atoms with E-state index < -0.39 is 0 Å². The van der Waals surface area contributed by atoms with Gasteiger partial charge in [-0.15, -0.1) is 0 Å². The maximum atomic E-state index is 8.20. The Morgan fingerprint density at radius 2 is 2.27 bits per heavy atom. The highest BCUT2D eigenvalue weighted by atomic mass is 32.2. The lowest BCUT2D eigenvalue weighted by Crippen LogP contribution is -2.09. The molecule has 0 aliphatic carbocycles. The number of nitriles is 1. The maximum Gasteiger partial charge on any atom is 0.177 e. The van der Waals surface area contributed by atoms with Crippen molar-refractivity contribution in [2.75, 3.05) is 5.75 Å². The molecule has 0 heterocycles. The average molecular weight is 172 g/mol. The van der Waals surface area contributed by atoms with Crippen LogP contribution in [0.3, 0.4) is 0 Å². The quantitative estimate of drug-likeness (QED) is 0.214. The van der Waals surface area contributed by atoms with Gasteiger partial charge in [0.25, 0.3) is 0 Å². The average Bonchev–Trinajstić information content (AvgIpc) is 2.04. The van der Waals surface area contributed by atoms with Gasteiger partial charge in [-0.05, 0) is 12.8 Å². The molecule has 0 bridgehead atoms. The number of thioether (sulfide) groups is 1. The largest absolute Gasteiger partial charge is 0.377 e. The molecule has 0 rings (SSSR count). The first-order valence-electron chi connectivity index (χ1n) is 3.34. The van der Waals surface area contributed by atoms with Crippen molar-refractivity contribution in [2.45, 2.75) is 19.3 Å². The molecule has 0 saturated heterocycles. The zero-order valence-electron chi connectivity index (χ0n) is 6.29. The highest BCUT2D eigenvalue weighted by Crippen LogP contribution is 2.04. The fourth-order valence-electron chi connectivity index (χ4n) is 0.520. The van der Waals surface area contributed by atoms with Gasteiger partial charge < -0.3 is 11.6 Å². The molecule has 4 N–H and O–H groups in total. The van der Waals surface area contributed by atoms with Gasteiger partial charge in [0.2, 0.25) is 0 Å². The van der Waals surface area contributed by atoms with E-state index in [0.29, 0.717) is 11.6 Å². The Morgan fingerprint density at radius 3 is 2.82 bits per heavy atom. The van der Waals surface area contributed by atoms with Crippen molar-refractivity contribution in [1.82, 2.24) is 0 Å². The van der Waals surface area contributed by atoms with Gasteiger partial charge in [0.1, 0.15) is 0 Å². The summed E-state index contributed by atoms with van der Waals surface area (Å²) in [5.41, 5.74) is 5.31. The molecule has 0 atom stereocenters. The number of amidine groups is 1. The number of rotatable bonds is 4. The molecular formula is C6H12N4S. The fourth-order valence-corrected chi connectivity index (χ4v) is 1.15. The Morgan fingerprint density at radius 1 is 1.55 bits per heavy atom. The van der Waals surface area contributed by atoms with Crippen LogP contribution < -0.4 is 11.6 Å². The van der Waals surface area contributed by atoms with Gasteiger partial charge in [-0.3, -0.25) is 0 Å². The van der Waals surface area contributed by atoms with Crippen LogP contribution >= 0.6 is 11.8 Å². The van der Waals surface area contributed by atoms with E-state index in [9.17, 15) is 0 Å². The molecule has 0 aromatic rings. The van der Waals surface area contributed by atoms with Crippen LogP contribution in [0.25, 0.3) is 0 Å². The standard InChI is InChI=1S/C6H12N4S/c7-4-2-1-3-5-11-6(8)10-9/h1-3,5,9H2,(H2,8,10). The van der Waals surface area contributed by atoms with E-state index in [2.05, 4.69) is 11.2 Å². The van der Waals surface area contributed by atoms with Crippen molar-refractivity contribution in [3.05, 3.63) is 0 Å². The summed E-state index contributed by atoms with van der Waals surface area (Å²) in [7, 11) is 0. The molecule has 0 aromatic heterocycles. The second-order valence-electron chi connectivity index (χ2n) is 1.93. The molecule has 62 valence electrons. The third-order valence-electron chi connectivity index (χ3n) is 1.06. The highest BCUT2D eigenvalue weighted by molar-refractivity contribution is 8.13. The predicted octanol–water partition coefficient (Wildman–Crippen LogP) is 0.602. The molecular weight excluding hydrogens is 160 g/mol. The lowest BCUT2D eigenvalue weighted by Gasteiger charge is -1.96. The van der Waals surface area contributed by atoms with Gasteiger partial charge in [-0.1, -0.05) is 11.8 Å². The highest BCUT2D eigenvalue weighted by Gasteiger charge is 1.92. The van der Waals surface area contributed by atoms with Crippen LogP contribution in [0.15, 0.2) is 5.10 Å². The molecule has 4 nitrogen and oxygen atoms in total. The van der Waals surface area contributed by atoms with Crippen molar-refractivity contribution in [3.63, 3.8) is 0 Å². The first kappa shape index (κ1) is 10.1. The minimum Gasteiger partial charge on any atom is -0.377 e. The molecule has 0 fully saturated rings. The number of nitrogens with two attached hydrogens (primary N) is 2. The van der Waals surface area contributed by atoms with Gasteiger partial charge >= 0.3 is 0 Å².